The van der Waals surface area contributed by atoms with Gasteiger partial charge in [0.15, 0.2) is 0 Å². The van der Waals surface area contributed by atoms with E-state index < -0.39 is 0 Å². The van der Waals surface area contributed by atoms with Crippen LogP contribution in [0.25, 0.3) is 0 Å². The lowest BCUT2D eigenvalue weighted by Gasteiger charge is -2.24. The number of hydrogen-bond donors (Lipinski definition) is 1. The van der Waals surface area contributed by atoms with Crippen LogP contribution in [-0.2, 0) is 18.8 Å². The number of rotatable bonds is 1. The van der Waals surface area contributed by atoms with Crippen molar-refractivity contribution in [1.29, 1.82) is 0 Å². The van der Waals surface area contributed by atoms with Crippen molar-refractivity contribution in [3.05, 3.63) is 22.1 Å². The third kappa shape index (κ3) is 1.49. The van der Waals surface area contributed by atoms with Gasteiger partial charge >= 0.3 is 0 Å². The van der Waals surface area contributed by atoms with Gasteiger partial charge in [0.25, 0.3) is 5.56 Å². The molecule has 14 heavy (non-hydrogen) atoms. The molecular weight excluding hydrogens is 182 g/mol. The van der Waals surface area contributed by atoms with Gasteiger partial charge in [-0.2, -0.15) is 0 Å². The highest BCUT2D eigenvalue weighted by Gasteiger charge is 2.19. The van der Waals surface area contributed by atoms with E-state index in [0.29, 0.717) is 6.61 Å². The molecule has 0 aliphatic carbocycles. The standard InChI is InChI=1S/C9H15N3O2/c1-11-8(5-9(13)12(11)2)7-6-14-4-3-10-7/h5,7,10H,3-4,6H2,1-2H3. The zero-order valence-corrected chi connectivity index (χ0v) is 8.49. The van der Waals surface area contributed by atoms with E-state index in [1.807, 2.05) is 11.7 Å². The topological polar surface area (TPSA) is 48.2 Å². The molecule has 1 aliphatic rings. The summed E-state index contributed by atoms with van der Waals surface area (Å²) in [5, 5.41) is 3.32. The maximum Gasteiger partial charge on any atom is 0.266 e. The second kappa shape index (κ2) is 3.59. The molecule has 0 spiro atoms. The molecule has 1 N–H and O–H groups in total. The zero-order chi connectivity index (χ0) is 10.1. The highest BCUT2D eigenvalue weighted by atomic mass is 16.5. The van der Waals surface area contributed by atoms with Crippen LogP contribution in [0.5, 0.6) is 0 Å². The number of ether oxygens (including phenoxy) is 1. The van der Waals surface area contributed by atoms with Gasteiger partial charge in [0.2, 0.25) is 0 Å². The molecule has 5 nitrogen and oxygen atoms in total. The largest absolute Gasteiger partial charge is 0.378 e. The number of nitrogens with one attached hydrogen (secondary N) is 1. The van der Waals surface area contributed by atoms with Gasteiger partial charge in [-0.3, -0.25) is 14.2 Å². The van der Waals surface area contributed by atoms with Crippen LogP contribution in [0.15, 0.2) is 10.9 Å². The summed E-state index contributed by atoms with van der Waals surface area (Å²) in [6.45, 7) is 2.22. The molecule has 0 bridgehead atoms. The summed E-state index contributed by atoms with van der Waals surface area (Å²) in [6, 6.07) is 1.80. The summed E-state index contributed by atoms with van der Waals surface area (Å²) in [5.74, 6) is 0. The fourth-order valence-electron chi connectivity index (χ4n) is 1.72. The van der Waals surface area contributed by atoms with Crippen molar-refractivity contribution >= 4 is 0 Å². The first kappa shape index (κ1) is 9.48. The molecule has 0 saturated carbocycles. The van der Waals surface area contributed by atoms with Crippen molar-refractivity contribution in [2.24, 2.45) is 14.1 Å². The Labute approximate surface area is 82.3 Å². The van der Waals surface area contributed by atoms with E-state index in [0.717, 1.165) is 18.8 Å². The molecule has 78 valence electrons. The Morgan fingerprint density at radius 2 is 2.29 bits per heavy atom. The van der Waals surface area contributed by atoms with Gasteiger partial charge in [-0.05, 0) is 0 Å². The van der Waals surface area contributed by atoms with Crippen LogP contribution in [-0.4, -0.2) is 29.1 Å². The lowest BCUT2D eigenvalue weighted by Crippen LogP contribution is -2.35. The second-order valence-electron chi connectivity index (χ2n) is 3.54. The molecule has 1 fully saturated rings. The summed E-state index contributed by atoms with van der Waals surface area (Å²) in [6.07, 6.45) is 0. The van der Waals surface area contributed by atoms with Gasteiger partial charge in [0.05, 0.1) is 24.9 Å². The van der Waals surface area contributed by atoms with E-state index in [4.69, 9.17) is 4.74 Å². The second-order valence-corrected chi connectivity index (χ2v) is 3.54. The highest BCUT2D eigenvalue weighted by Crippen LogP contribution is 2.13. The van der Waals surface area contributed by atoms with Gasteiger partial charge in [0, 0.05) is 26.7 Å². The Morgan fingerprint density at radius 3 is 2.79 bits per heavy atom. The summed E-state index contributed by atoms with van der Waals surface area (Å²) in [4.78, 5) is 11.4. The maximum atomic E-state index is 11.4. The molecule has 0 aromatic carbocycles. The molecule has 2 rings (SSSR count). The van der Waals surface area contributed by atoms with Crippen LogP contribution in [0.3, 0.4) is 0 Å². The summed E-state index contributed by atoms with van der Waals surface area (Å²) in [7, 11) is 3.64. The van der Waals surface area contributed by atoms with E-state index >= 15 is 0 Å². The molecular formula is C9H15N3O2. The van der Waals surface area contributed by atoms with Crippen molar-refractivity contribution in [3.8, 4) is 0 Å². The maximum absolute atomic E-state index is 11.4. The fourth-order valence-corrected chi connectivity index (χ4v) is 1.72. The van der Waals surface area contributed by atoms with Gasteiger partial charge in [-0.1, -0.05) is 0 Å². The minimum atomic E-state index is 0.0230. The normalized spacial score (nSPS) is 22.6. The quantitative estimate of drug-likeness (QED) is 0.653. The van der Waals surface area contributed by atoms with Crippen LogP contribution in [0, 0.1) is 0 Å². The van der Waals surface area contributed by atoms with E-state index in [1.54, 1.807) is 17.8 Å². The average molecular weight is 197 g/mol. The minimum Gasteiger partial charge on any atom is -0.378 e. The lowest BCUT2D eigenvalue weighted by molar-refractivity contribution is 0.0741. The molecule has 0 radical (unpaired) electrons. The van der Waals surface area contributed by atoms with Gasteiger partial charge in [0.1, 0.15) is 0 Å². The number of morpholine rings is 1. The van der Waals surface area contributed by atoms with Gasteiger partial charge in [-0.15, -0.1) is 0 Å². The summed E-state index contributed by atoms with van der Waals surface area (Å²) in [5.41, 5.74) is 1.01. The molecule has 0 amide bonds. The Bertz CT molecular complexity index is 374. The molecule has 1 unspecified atom stereocenters. The van der Waals surface area contributed by atoms with Crippen molar-refractivity contribution in [3.63, 3.8) is 0 Å². The van der Waals surface area contributed by atoms with E-state index in [-0.39, 0.29) is 11.6 Å². The van der Waals surface area contributed by atoms with Crippen molar-refractivity contribution in [1.82, 2.24) is 14.7 Å². The van der Waals surface area contributed by atoms with Crippen LogP contribution < -0.4 is 10.9 Å². The van der Waals surface area contributed by atoms with E-state index in [2.05, 4.69) is 5.32 Å². The fraction of sp³-hybridized carbons (Fsp3) is 0.667. The van der Waals surface area contributed by atoms with Crippen LogP contribution in [0.1, 0.15) is 11.7 Å². The van der Waals surface area contributed by atoms with Crippen molar-refractivity contribution in [2.45, 2.75) is 6.04 Å². The van der Waals surface area contributed by atoms with Crippen LogP contribution >= 0.6 is 0 Å². The molecule has 1 aromatic heterocycles. The lowest BCUT2D eigenvalue weighted by atomic mass is 10.2. The van der Waals surface area contributed by atoms with E-state index in [9.17, 15) is 4.79 Å². The monoisotopic (exact) mass is 197 g/mol. The Kier molecular flexibility index (Phi) is 2.43. The van der Waals surface area contributed by atoms with Crippen LogP contribution in [0.2, 0.25) is 0 Å². The average Bonchev–Trinajstić information content (AvgIpc) is 2.47. The molecule has 5 heteroatoms. The van der Waals surface area contributed by atoms with E-state index in [1.165, 1.54) is 0 Å². The molecule has 2 heterocycles. The zero-order valence-electron chi connectivity index (χ0n) is 8.49. The molecule has 1 atom stereocenters. The van der Waals surface area contributed by atoms with Gasteiger partial charge < -0.3 is 10.1 Å². The first-order valence-electron chi connectivity index (χ1n) is 4.74. The number of hydrogen-bond acceptors (Lipinski definition) is 3. The summed E-state index contributed by atoms with van der Waals surface area (Å²) >= 11 is 0. The predicted molar refractivity (Wildman–Crippen MR) is 52.2 cm³/mol. The number of nitrogens with zero attached hydrogens (tertiary/aromatic N) is 2. The third-order valence-corrected chi connectivity index (χ3v) is 2.69. The Hall–Kier alpha value is -1.07. The smallest absolute Gasteiger partial charge is 0.266 e. The summed E-state index contributed by atoms with van der Waals surface area (Å²) < 4.78 is 8.80. The van der Waals surface area contributed by atoms with Gasteiger partial charge in [-0.25, -0.2) is 0 Å². The molecule has 1 saturated heterocycles. The number of aromatic nitrogens is 2. The Balaban J connectivity index is 2.30. The first-order valence-corrected chi connectivity index (χ1v) is 4.74. The van der Waals surface area contributed by atoms with Crippen molar-refractivity contribution < 1.29 is 4.74 Å². The Morgan fingerprint density at radius 1 is 1.50 bits per heavy atom. The molecule has 1 aromatic rings. The van der Waals surface area contributed by atoms with Crippen LogP contribution in [0.4, 0.5) is 0 Å². The predicted octanol–water partition coefficient (Wildman–Crippen LogP) is -0.615. The molecule has 1 aliphatic heterocycles. The van der Waals surface area contributed by atoms with Crippen molar-refractivity contribution in [2.75, 3.05) is 19.8 Å². The minimum absolute atomic E-state index is 0.0230. The third-order valence-electron chi connectivity index (χ3n) is 2.69. The first-order chi connectivity index (χ1) is 6.70. The SMILES string of the molecule is Cn1c(C2COCCN2)cc(=O)n1C. The highest BCUT2D eigenvalue weighted by molar-refractivity contribution is 5.08.